The molecule has 2 N–H and O–H groups in total. The van der Waals surface area contributed by atoms with E-state index < -0.39 is 5.92 Å². The monoisotopic (exact) mass is 308 g/mol. The lowest BCUT2D eigenvalue weighted by molar-refractivity contribution is -0.131. The van der Waals surface area contributed by atoms with Crippen LogP contribution in [0.1, 0.15) is 25.3 Å². The second-order valence-corrected chi connectivity index (χ2v) is 7.60. The maximum Gasteiger partial charge on any atom is 0.237 e. The predicted octanol–water partition coefficient (Wildman–Crippen LogP) is 2.41. The van der Waals surface area contributed by atoms with Crippen molar-refractivity contribution in [3.8, 4) is 0 Å². The molecule has 1 heterocycles. The fourth-order valence-corrected chi connectivity index (χ4v) is 4.18. The average Bonchev–Trinajstić information content (AvgIpc) is 2.38. The number of nitrogens with two attached hydrogens (primary N) is 1. The predicted molar refractivity (Wildman–Crippen MR) is 89.1 cm³/mol. The Hall–Kier alpha value is -1.07. The summed E-state index contributed by atoms with van der Waals surface area (Å²) in [4.78, 5) is 14.9. The van der Waals surface area contributed by atoms with E-state index in [4.69, 9.17) is 18.0 Å². The highest BCUT2D eigenvalue weighted by Crippen LogP contribution is 2.28. The Kier molecular flexibility index (Phi) is 5.05. The number of rotatable bonds is 3. The van der Waals surface area contributed by atoms with Crippen molar-refractivity contribution in [2.45, 2.75) is 30.3 Å². The third kappa shape index (κ3) is 3.52. The van der Waals surface area contributed by atoms with Gasteiger partial charge in [-0.1, -0.05) is 56.4 Å². The Balaban J connectivity index is 2.22. The Morgan fingerprint density at radius 1 is 1.30 bits per heavy atom. The topological polar surface area (TPSA) is 46.3 Å². The Bertz CT molecular complexity index is 482. The lowest BCUT2D eigenvalue weighted by Crippen LogP contribution is -2.48. The minimum absolute atomic E-state index is 0.0303. The van der Waals surface area contributed by atoms with E-state index in [0.29, 0.717) is 10.5 Å². The van der Waals surface area contributed by atoms with Crippen molar-refractivity contribution < 1.29 is 4.79 Å². The first-order chi connectivity index (χ1) is 9.49. The van der Waals surface area contributed by atoms with E-state index >= 15 is 0 Å². The molecule has 0 spiro atoms. The first kappa shape index (κ1) is 15.3. The first-order valence-electron chi connectivity index (χ1n) is 6.77. The van der Waals surface area contributed by atoms with Gasteiger partial charge in [0, 0.05) is 23.6 Å². The van der Waals surface area contributed by atoms with E-state index in [2.05, 4.69) is 13.8 Å². The van der Waals surface area contributed by atoms with Gasteiger partial charge in [0.05, 0.1) is 4.99 Å². The summed E-state index contributed by atoms with van der Waals surface area (Å²) in [5.41, 5.74) is 6.70. The van der Waals surface area contributed by atoms with Crippen molar-refractivity contribution in [1.82, 2.24) is 4.90 Å². The van der Waals surface area contributed by atoms with E-state index in [9.17, 15) is 4.79 Å². The molecule has 1 saturated heterocycles. The highest BCUT2D eigenvalue weighted by atomic mass is 32.2. The standard InChI is InChI=1S/C15H20N2OS2/c1-10-8-17(9-11(2)20-10)15(18)13(14(16)19)12-6-4-3-5-7-12/h3-7,10-11,13H,8-9H2,1-2H3,(H2,16,19). The zero-order valence-corrected chi connectivity index (χ0v) is 13.4. The molecule has 2 rings (SSSR count). The van der Waals surface area contributed by atoms with Gasteiger partial charge in [0.25, 0.3) is 0 Å². The molecule has 5 heteroatoms. The number of nitrogens with zero attached hydrogens (tertiary/aromatic N) is 1. The summed E-state index contributed by atoms with van der Waals surface area (Å²) in [6, 6.07) is 9.56. The van der Waals surface area contributed by atoms with Gasteiger partial charge in [-0.15, -0.1) is 0 Å². The van der Waals surface area contributed by atoms with Crippen molar-refractivity contribution in [1.29, 1.82) is 0 Å². The second-order valence-electron chi connectivity index (χ2n) is 5.25. The van der Waals surface area contributed by atoms with Gasteiger partial charge < -0.3 is 10.6 Å². The SMILES string of the molecule is CC1CN(C(=O)C(C(N)=S)c2ccccc2)CC(C)S1. The molecular weight excluding hydrogens is 288 g/mol. The number of hydrogen-bond acceptors (Lipinski definition) is 3. The van der Waals surface area contributed by atoms with Gasteiger partial charge in [-0.2, -0.15) is 11.8 Å². The molecule has 3 atom stereocenters. The molecule has 0 saturated carbocycles. The number of carbonyl (C=O) groups is 1. The molecule has 108 valence electrons. The van der Waals surface area contributed by atoms with E-state index in [1.807, 2.05) is 47.0 Å². The molecule has 1 amide bonds. The van der Waals surface area contributed by atoms with Gasteiger partial charge >= 0.3 is 0 Å². The molecule has 1 fully saturated rings. The van der Waals surface area contributed by atoms with Gasteiger partial charge in [-0.3, -0.25) is 4.79 Å². The van der Waals surface area contributed by atoms with Crippen LogP contribution in [0.4, 0.5) is 0 Å². The van der Waals surface area contributed by atoms with E-state index in [1.54, 1.807) is 0 Å². The summed E-state index contributed by atoms with van der Waals surface area (Å²) >= 11 is 7.05. The smallest absolute Gasteiger partial charge is 0.237 e. The summed E-state index contributed by atoms with van der Waals surface area (Å²) in [5.74, 6) is -0.476. The summed E-state index contributed by atoms with van der Waals surface area (Å²) in [5, 5.41) is 0.899. The summed E-state index contributed by atoms with van der Waals surface area (Å²) in [6.07, 6.45) is 0. The average molecular weight is 308 g/mol. The third-order valence-electron chi connectivity index (χ3n) is 3.40. The van der Waals surface area contributed by atoms with E-state index in [0.717, 1.165) is 18.7 Å². The lowest BCUT2D eigenvalue weighted by Gasteiger charge is -2.36. The van der Waals surface area contributed by atoms with Crippen LogP contribution in [0.15, 0.2) is 30.3 Å². The number of hydrogen-bond donors (Lipinski definition) is 1. The second kappa shape index (κ2) is 6.59. The van der Waals surface area contributed by atoms with E-state index in [1.165, 1.54) is 0 Å². The highest BCUT2D eigenvalue weighted by molar-refractivity contribution is 8.00. The normalized spacial score (nSPS) is 24.2. The van der Waals surface area contributed by atoms with E-state index in [-0.39, 0.29) is 10.9 Å². The van der Waals surface area contributed by atoms with Gasteiger partial charge in [-0.05, 0) is 5.56 Å². The molecular formula is C15H20N2OS2. The molecule has 3 nitrogen and oxygen atoms in total. The van der Waals surface area contributed by atoms with Crippen LogP contribution in [0.25, 0.3) is 0 Å². The molecule has 0 radical (unpaired) electrons. The molecule has 0 aliphatic carbocycles. The van der Waals surface area contributed by atoms with Crippen molar-refractivity contribution in [3.05, 3.63) is 35.9 Å². The third-order valence-corrected chi connectivity index (χ3v) is 4.86. The highest BCUT2D eigenvalue weighted by Gasteiger charge is 2.32. The van der Waals surface area contributed by atoms with Gasteiger partial charge in [0.1, 0.15) is 5.92 Å². The van der Waals surface area contributed by atoms with Gasteiger partial charge in [0.15, 0.2) is 0 Å². The van der Waals surface area contributed by atoms with Crippen molar-refractivity contribution >= 4 is 34.9 Å². The fraction of sp³-hybridized carbons (Fsp3) is 0.467. The Labute approximate surface area is 129 Å². The Morgan fingerprint density at radius 2 is 1.85 bits per heavy atom. The number of thiocarbonyl (C=S) groups is 1. The van der Waals surface area contributed by atoms with Crippen molar-refractivity contribution in [2.75, 3.05) is 13.1 Å². The minimum atomic E-state index is -0.506. The zero-order valence-electron chi connectivity index (χ0n) is 11.8. The largest absolute Gasteiger partial charge is 0.392 e. The van der Waals surface area contributed by atoms with Gasteiger partial charge in [0.2, 0.25) is 5.91 Å². The number of benzene rings is 1. The van der Waals surface area contributed by atoms with Crippen LogP contribution >= 0.6 is 24.0 Å². The summed E-state index contributed by atoms with van der Waals surface area (Å²) < 4.78 is 0. The minimum Gasteiger partial charge on any atom is -0.392 e. The quantitative estimate of drug-likeness (QED) is 0.871. The summed E-state index contributed by atoms with van der Waals surface area (Å²) in [7, 11) is 0. The Morgan fingerprint density at radius 3 is 2.35 bits per heavy atom. The van der Waals surface area contributed by atoms with Crippen LogP contribution in [-0.2, 0) is 4.79 Å². The van der Waals surface area contributed by atoms with Gasteiger partial charge in [-0.25, -0.2) is 0 Å². The van der Waals surface area contributed by atoms with Crippen LogP contribution in [0.3, 0.4) is 0 Å². The van der Waals surface area contributed by atoms with Crippen LogP contribution in [-0.4, -0.2) is 39.4 Å². The maximum absolute atomic E-state index is 12.8. The van der Waals surface area contributed by atoms with Crippen molar-refractivity contribution in [3.63, 3.8) is 0 Å². The molecule has 20 heavy (non-hydrogen) atoms. The molecule has 1 aliphatic heterocycles. The van der Waals surface area contributed by atoms with Crippen LogP contribution < -0.4 is 5.73 Å². The molecule has 3 unspecified atom stereocenters. The molecule has 1 aromatic carbocycles. The first-order valence-corrected chi connectivity index (χ1v) is 8.12. The molecule has 1 aromatic rings. The summed E-state index contributed by atoms with van der Waals surface area (Å²) in [6.45, 7) is 5.83. The van der Waals surface area contributed by atoms with Crippen LogP contribution in [0, 0.1) is 0 Å². The number of carbonyl (C=O) groups excluding carboxylic acids is 1. The van der Waals surface area contributed by atoms with Crippen LogP contribution in [0.2, 0.25) is 0 Å². The van der Waals surface area contributed by atoms with Crippen molar-refractivity contribution in [2.24, 2.45) is 5.73 Å². The number of amides is 1. The zero-order chi connectivity index (χ0) is 14.7. The maximum atomic E-state index is 12.8. The molecule has 0 bridgehead atoms. The number of thioether (sulfide) groups is 1. The lowest BCUT2D eigenvalue weighted by atomic mass is 9.97. The molecule has 1 aliphatic rings. The molecule has 0 aromatic heterocycles. The fourth-order valence-electron chi connectivity index (χ4n) is 2.61. The van der Waals surface area contributed by atoms with Crippen LogP contribution in [0.5, 0.6) is 0 Å².